The Morgan fingerprint density at radius 1 is 1.13 bits per heavy atom. The molecule has 0 bridgehead atoms. The van der Waals surface area contributed by atoms with E-state index in [1.165, 1.54) is 25.7 Å². The van der Waals surface area contributed by atoms with Gasteiger partial charge in [0.1, 0.15) is 6.26 Å². The fraction of sp³-hybridized carbons (Fsp3) is 0.588. The van der Waals surface area contributed by atoms with Gasteiger partial charge in [0, 0.05) is 44.5 Å². The predicted octanol–water partition coefficient (Wildman–Crippen LogP) is 2.41. The maximum absolute atomic E-state index is 5.36. The summed E-state index contributed by atoms with van der Waals surface area (Å²) in [6.45, 7) is 6.02. The van der Waals surface area contributed by atoms with Crippen molar-refractivity contribution in [2.24, 2.45) is 0 Å². The van der Waals surface area contributed by atoms with Crippen LogP contribution < -0.4 is 4.90 Å². The molecule has 1 spiro atoms. The van der Waals surface area contributed by atoms with E-state index in [1.807, 2.05) is 25.4 Å². The van der Waals surface area contributed by atoms with Crippen molar-refractivity contribution in [3.8, 4) is 0 Å². The van der Waals surface area contributed by atoms with Crippen molar-refractivity contribution in [3.63, 3.8) is 0 Å². The summed E-state index contributed by atoms with van der Waals surface area (Å²) < 4.78 is 5.36. The zero-order valence-electron chi connectivity index (χ0n) is 13.6. The molecule has 0 aliphatic carbocycles. The van der Waals surface area contributed by atoms with Crippen molar-refractivity contribution in [1.82, 2.24) is 19.9 Å². The number of aromatic nitrogens is 3. The second-order valence-corrected chi connectivity index (χ2v) is 6.64. The smallest absolute Gasteiger partial charge is 0.225 e. The number of aryl methyl sites for hydroxylation is 1. The topological polar surface area (TPSA) is 58.3 Å². The monoisotopic (exact) mass is 313 g/mol. The zero-order chi connectivity index (χ0) is 15.7. The van der Waals surface area contributed by atoms with Crippen molar-refractivity contribution in [2.45, 2.75) is 44.7 Å². The molecular formula is C17H23N5O. The molecule has 2 aliphatic heterocycles. The Kier molecular flexibility index (Phi) is 3.77. The van der Waals surface area contributed by atoms with E-state index in [0.29, 0.717) is 5.54 Å². The van der Waals surface area contributed by atoms with Crippen LogP contribution in [0.15, 0.2) is 29.1 Å². The molecule has 0 aromatic carbocycles. The summed E-state index contributed by atoms with van der Waals surface area (Å²) >= 11 is 0. The summed E-state index contributed by atoms with van der Waals surface area (Å²) in [6, 6.07) is 1.87. The molecule has 2 aliphatic rings. The lowest BCUT2D eigenvalue weighted by atomic mass is 9.85. The lowest BCUT2D eigenvalue weighted by Gasteiger charge is -2.45. The quantitative estimate of drug-likeness (QED) is 0.867. The van der Waals surface area contributed by atoms with Gasteiger partial charge in [0.2, 0.25) is 5.95 Å². The fourth-order valence-electron chi connectivity index (χ4n) is 4.06. The van der Waals surface area contributed by atoms with Crippen LogP contribution in [-0.4, -0.2) is 45.0 Å². The van der Waals surface area contributed by atoms with E-state index in [1.54, 1.807) is 6.26 Å². The first kappa shape index (κ1) is 14.6. The Morgan fingerprint density at radius 2 is 1.91 bits per heavy atom. The van der Waals surface area contributed by atoms with E-state index in [2.05, 4.69) is 24.8 Å². The van der Waals surface area contributed by atoms with Gasteiger partial charge in [0.25, 0.3) is 0 Å². The van der Waals surface area contributed by atoms with Crippen LogP contribution in [0.2, 0.25) is 0 Å². The summed E-state index contributed by atoms with van der Waals surface area (Å²) in [6.07, 6.45) is 10.3. The van der Waals surface area contributed by atoms with Gasteiger partial charge in [-0.2, -0.15) is 0 Å². The van der Waals surface area contributed by atoms with Crippen molar-refractivity contribution in [2.75, 3.05) is 24.5 Å². The lowest BCUT2D eigenvalue weighted by Crippen LogP contribution is -2.52. The maximum atomic E-state index is 5.36. The summed E-state index contributed by atoms with van der Waals surface area (Å²) in [5, 5.41) is 0. The number of hydrogen-bond donors (Lipinski definition) is 0. The van der Waals surface area contributed by atoms with E-state index >= 15 is 0 Å². The number of nitrogens with zero attached hydrogens (tertiary/aromatic N) is 5. The number of likely N-dealkylation sites (tertiary alicyclic amines) is 1. The number of anilines is 1. The van der Waals surface area contributed by atoms with Crippen LogP contribution in [0.25, 0.3) is 0 Å². The normalized spacial score (nSPS) is 21.2. The predicted molar refractivity (Wildman–Crippen MR) is 87.1 cm³/mol. The van der Waals surface area contributed by atoms with Crippen molar-refractivity contribution in [3.05, 3.63) is 36.3 Å². The second-order valence-electron chi connectivity index (χ2n) is 6.64. The van der Waals surface area contributed by atoms with E-state index < -0.39 is 0 Å². The molecule has 2 fully saturated rings. The van der Waals surface area contributed by atoms with Crippen LogP contribution in [0.1, 0.15) is 37.3 Å². The molecule has 0 saturated carbocycles. The molecule has 2 saturated heterocycles. The van der Waals surface area contributed by atoms with Crippen LogP contribution in [0, 0.1) is 6.92 Å². The van der Waals surface area contributed by atoms with Gasteiger partial charge in [-0.15, -0.1) is 0 Å². The highest BCUT2D eigenvalue weighted by Crippen LogP contribution is 2.39. The summed E-state index contributed by atoms with van der Waals surface area (Å²) in [4.78, 5) is 18.2. The molecular weight excluding hydrogens is 290 g/mol. The van der Waals surface area contributed by atoms with Gasteiger partial charge in [-0.05, 0) is 38.3 Å². The minimum atomic E-state index is 0.318. The molecule has 122 valence electrons. The Hall–Kier alpha value is -1.95. The Morgan fingerprint density at radius 3 is 2.61 bits per heavy atom. The molecule has 6 nitrogen and oxygen atoms in total. The standard InChI is InChI=1S/C17H23N5O/c1-14-20-15(13-23-14)12-22-9-2-4-17(22)5-10-21(11-6-17)16-18-7-3-8-19-16/h3,7-8,13H,2,4-6,9-12H2,1H3. The maximum Gasteiger partial charge on any atom is 0.225 e. The Labute approximate surface area is 136 Å². The molecule has 4 heterocycles. The zero-order valence-corrected chi connectivity index (χ0v) is 13.6. The van der Waals surface area contributed by atoms with Crippen LogP contribution in [-0.2, 0) is 6.54 Å². The molecule has 0 amide bonds. The van der Waals surface area contributed by atoms with E-state index in [4.69, 9.17) is 4.42 Å². The van der Waals surface area contributed by atoms with Crippen molar-refractivity contribution < 1.29 is 4.42 Å². The molecule has 2 aromatic rings. The molecule has 0 atom stereocenters. The molecule has 23 heavy (non-hydrogen) atoms. The Bertz CT molecular complexity index is 648. The minimum Gasteiger partial charge on any atom is -0.449 e. The van der Waals surface area contributed by atoms with Gasteiger partial charge >= 0.3 is 0 Å². The van der Waals surface area contributed by atoms with Crippen molar-refractivity contribution in [1.29, 1.82) is 0 Å². The highest BCUT2D eigenvalue weighted by molar-refractivity contribution is 5.30. The second kappa shape index (κ2) is 5.92. The van der Waals surface area contributed by atoms with E-state index in [9.17, 15) is 0 Å². The van der Waals surface area contributed by atoms with Gasteiger partial charge in [-0.3, -0.25) is 4.90 Å². The van der Waals surface area contributed by atoms with Gasteiger partial charge in [-0.25, -0.2) is 15.0 Å². The SMILES string of the molecule is Cc1nc(CN2CCCC23CCN(c2ncccn2)CC3)co1. The average molecular weight is 313 g/mol. The molecule has 4 rings (SSSR count). The molecule has 0 radical (unpaired) electrons. The van der Waals surface area contributed by atoms with Gasteiger partial charge < -0.3 is 9.32 Å². The molecule has 6 heteroatoms. The number of hydrogen-bond acceptors (Lipinski definition) is 6. The van der Waals surface area contributed by atoms with Gasteiger partial charge in [0.05, 0.1) is 5.69 Å². The van der Waals surface area contributed by atoms with E-state index in [-0.39, 0.29) is 0 Å². The first-order valence-corrected chi connectivity index (χ1v) is 8.43. The average Bonchev–Trinajstić information content (AvgIpc) is 3.17. The number of oxazole rings is 1. The first-order valence-electron chi connectivity index (χ1n) is 8.43. The van der Waals surface area contributed by atoms with Gasteiger partial charge in [-0.1, -0.05) is 0 Å². The van der Waals surface area contributed by atoms with Crippen LogP contribution in [0.4, 0.5) is 5.95 Å². The largest absolute Gasteiger partial charge is 0.449 e. The summed E-state index contributed by atoms with van der Waals surface area (Å²) in [5.74, 6) is 1.61. The highest BCUT2D eigenvalue weighted by atomic mass is 16.3. The van der Waals surface area contributed by atoms with Crippen LogP contribution in [0.5, 0.6) is 0 Å². The molecule has 2 aromatic heterocycles. The lowest BCUT2D eigenvalue weighted by molar-refractivity contribution is 0.0981. The third kappa shape index (κ3) is 2.83. The highest BCUT2D eigenvalue weighted by Gasteiger charge is 2.43. The summed E-state index contributed by atoms with van der Waals surface area (Å²) in [7, 11) is 0. The summed E-state index contributed by atoms with van der Waals surface area (Å²) in [5.41, 5.74) is 1.37. The molecule has 0 unspecified atom stereocenters. The fourth-order valence-corrected chi connectivity index (χ4v) is 4.06. The third-order valence-corrected chi connectivity index (χ3v) is 5.29. The number of piperidine rings is 1. The van der Waals surface area contributed by atoms with Crippen molar-refractivity contribution >= 4 is 5.95 Å². The van der Waals surface area contributed by atoms with Gasteiger partial charge in [0.15, 0.2) is 5.89 Å². The van der Waals surface area contributed by atoms with E-state index in [0.717, 1.165) is 43.7 Å². The Balaban J connectivity index is 1.44. The minimum absolute atomic E-state index is 0.318. The van der Waals surface area contributed by atoms with Crippen LogP contribution in [0.3, 0.4) is 0 Å². The van der Waals surface area contributed by atoms with Crippen LogP contribution >= 0.6 is 0 Å². The number of rotatable bonds is 3. The molecule has 0 N–H and O–H groups in total. The first-order chi connectivity index (χ1) is 11.3. The third-order valence-electron chi connectivity index (χ3n) is 5.29.